The first-order valence-corrected chi connectivity index (χ1v) is 10.8. The Kier molecular flexibility index (Phi) is 13.6. The van der Waals surface area contributed by atoms with Gasteiger partial charge in [0.25, 0.3) is 0 Å². The lowest BCUT2D eigenvalue weighted by Crippen LogP contribution is -2.14. The number of hydrogen-bond acceptors (Lipinski definition) is 7. The Morgan fingerprint density at radius 2 is 0.848 bits per heavy atom. The monoisotopic (exact) mass is 454 g/mol. The molecule has 7 nitrogen and oxygen atoms in total. The molecule has 0 spiro atoms. The zero-order chi connectivity index (χ0) is 23.4. The lowest BCUT2D eigenvalue weighted by Gasteiger charge is -2.07. The highest BCUT2D eigenvalue weighted by Gasteiger charge is 1.99. The molecule has 0 unspecified atom stereocenters. The van der Waals surface area contributed by atoms with Crippen LogP contribution >= 0.6 is 0 Å². The van der Waals surface area contributed by atoms with Crippen molar-refractivity contribution in [2.24, 2.45) is 0 Å². The third kappa shape index (κ3) is 13.7. The molecule has 2 aromatic rings. The highest BCUT2D eigenvalue weighted by atomic mass is 16.6. The summed E-state index contributed by atoms with van der Waals surface area (Å²) in [5.41, 5.74) is 1.87. The molecule has 0 aliphatic rings. The summed E-state index contributed by atoms with van der Waals surface area (Å²) in [6.45, 7) is 2.56. The second-order valence-electron chi connectivity index (χ2n) is 6.66. The van der Waals surface area contributed by atoms with Gasteiger partial charge in [0.1, 0.15) is 13.2 Å². The van der Waals surface area contributed by atoms with Gasteiger partial charge in [-0.15, -0.1) is 0 Å². The van der Waals surface area contributed by atoms with E-state index in [4.69, 9.17) is 23.7 Å². The number of hydrogen-bond donors (Lipinski definition) is 0. The van der Waals surface area contributed by atoms with Gasteiger partial charge in [-0.1, -0.05) is 60.7 Å². The van der Waals surface area contributed by atoms with E-state index < -0.39 is 11.9 Å². The molecule has 0 bridgehead atoms. The molecule has 0 aromatic heterocycles. The van der Waals surface area contributed by atoms with Gasteiger partial charge in [0.2, 0.25) is 0 Å². The quantitative estimate of drug-likeness (QED) is 0.218. The van der Waals surface area contributed by atoms with Crippen LogP contribution in [0.25, 0.3) is 12.2 Å². The largest absolute Gasteiger partial charge is 0.460 e. The van der Waals surface area contributed by atoms with Crippen LogP contribution in [0, 0.1) is 0 Å². The van der Waals surface area contributed by atoms with E-state index in [1.807, 2.05) is 60.7 Å². The van der Waals surface area contributed by atoms with Gasteiger partial charge >= 0.3 is 11.9 Å². The summed E-state index contributed by atoms with van der Waals surface area (Å²) in [6.07, 6.45) is 6.18. The lowest BCUT2D eigenvalue weighted by molar-refractivity contribution is -0.140. The van der Waals surface area contributed by atoms with Crippen LogP contribution < -0.4 is 0 Å². The Bertz CT molecular complexity index is 776. The second-order valence-corrected chi connectivity index (χ2v) is 6.66. The Morgan fingerprint density at radius 3 is 1.21 bits per heavy atom. The third-order valence-electron chi connectivity index (χ3n) is 4.11. The van der Waals surface area contributed by atoms with Gasteiger partial charge in [-0.2, -0.15) is 0 Å². The fourth-order valence-corrected chi connectivity index (χ4v) is 2.50. The molecular weight excluding hydrogens is 424 g/mol. The van der Waals surface area contributed by atoms with Crippen LogP contribution in [0.3, 0.4) is 0 Å². The van der Waals surface area contributed by atoms with Crippen molar-refractivity contribution in [3.8, 4) is 0 Å². The summed E-state index contributed by atoms with van der Waals surface area (Å²) in [7, 11) is 0. The number of benzene rings is 2. The van der Waals surface area contributed by atoms with Crippen molar-refractivity contribution in [2.75, 3.05) is 52.9 Å². The fraction of sp³-hybridized carbons (Fsp3) is 0.308. The van der Waals surface area contributed by atoms with Crippen molar-refractivity contribution in [3.05, 3.63) is 83.9 Å². The highest BCUT2D eigenvalue weighted by Crippen LogP contribution is 2.02. The average molecular weight is 455 g/mol. The second kappa shape index (κ2) is 17.3. The predicted molar refractivity (Wildman–Crippen MR) is 125 cm³/mol. The highest BCUT2D eigenvalue weighted by molar-refractivity contribution is 5.87. The van der Waals surface area contributed by atoms with Crippen molar-refractivity contribution in [3.63, 3.8) is 0 Å². The molecule has 0 N–H and O–H groups in total. The number of ether oxygens (including phenoxy) is 5. The van der Waals surface area contributed by atoms with E-state index >= 15 is 0 Å². The summed E-state index contributed by atoms with van der Waals surface area (Å²) < 4.78 is 26.2. The molecule has 2 rings (SSSR count). The number of carbonyl (C=O) groups is 2. The molecule has 0 saturated carbocycles. The van der Waals surface area contributed by atoms with Crippen LogP contribution in [0.1, 0.15) is 11.1 Å². The van der Waals surface area contributed by atoms with E-state index in [1.54, 1.807) is 12.2 Å². The third-order valence-corrected chi connectivity index (χ3v) is 4.11. The molecule has 176 valence electrons. The van der Waals surface area contributed by atoms with Gasteiger partial charge in [-0.25, -0.2) is 9.59 Å². The molecule has 0 heterocycles. The number of carbonyl (C=O) groups excluding carboxylic acids is 2. The van der Waals surface area contributed by atoms with Crippen LogP contribution in [-0.4, -0.2) is 64.8 Å². The number of rotatable bonds is 16. The summed E-state index contributed by atoms with van der Waals surface area (Å²) >= 11 is 0. The van der Waals surface area contributed by atoms with Gasteiger partial charge in [-0.05, 0) is 23.3 Å². The molecule has 2 aromatic carbocycles. The first kappa shape index (κ1) is 26.0. The summed E-state index contributed by atoms with van der Waals surface area (Å²) in [5, 5.41) is 0. The zero-order valence-electron chi connectivity index (χ0n) is 18.6. The Labute approximate surface area is 194 Å². The molecule has 7 heteroatoms. The van der Waals surface area contributed by atoms with Gasteiger partial charge in [0, 0.05) is 12.2 Å². The predicted octanol–water partition coefficient (Wildman–Crippen LogP) is 3.55. The summed E-state index contributed by atoms with van der Waals surface area (Å²) in [6, 6.07) is 19.0. The van der Waals surface area contributed by atoms with Crippen LogP contribution in [0.15, 0.2) is 72.8 Å². The number of esters is 2. The van der Waals surface area contributed by atoms with Crippen molar-refractivity contribution < 1.29 is 33.3 Å². The fourth-order valence-electron chi connectivity index (χ4n) is 2.50. The van der Waals surface area contributed by atoms with Gasteiger partial charge in [0.05, 0.1) is 39.6 Å². The first-order chi connectivity index (χ1) is 16.2. The van der Waals surface area contributed by atoms with Gasteiger partial charge < -0.3 is 23.7 Å². The minimum absolute atomic E-state index is 0.181. The Morgan fingerprint density at radius 1 is 0.515 bits per heavy atom. The maximum atomic E-state index is 11.6. The Balaban J connectivity index is 1.34. The molecule has 0 aliphatic heterocycles. The van der Waals surface area contributed by atoms with E-state index in [0.29, 0.717) is 39.6 Å². The van der Waals surface area contributed by atoms with E-state index in [9.17, 15) is 9.59 Å². The standard InChI is InChI=1S/C26H30O7/c27-25(13-11-23-7-3-1-4-8-23)32-21-19-30-17-15-29-16-18-31-20-22-33-26(28)14-12-24-9-5-2-6-10-24/h1-14H,15-22H2. The van der Waals surface area contributed by atoms with Crippen molar-refractivity contribution in [2.45, 2.75) is 0 Å². The summed E-state index contributed by atoms with van der Waals surface area (Å²) in [4.78, 5) is 23.2. The molecule has 0 radical (unpaired) electrons. The topological polar surface area (TPSA) is 80.3 Å². The first-order valence-electron chi connectivity index (χ1n) is 10.8. The lowest BCUT2D eigenvalue weighted by atomic mass is 10.2. The van der Waals surface area contributed by atoms with Crippen molar-refractivity contribution in [1.82, 2.24) is 0 Å². The van der Waals surface area contributed by atoms with Crippen molar-refractivity contribution in [1.29, 1.82) is 0 Å². The van der Waals surface area contributed by atoms with E-state index in [0.717, 1.165) is 11.1 Å². The van der Waals surface area contributed by atoms with E-state index in [-0.39, 0.29) is 13.2 Å². The van der Waals surface area contributed by atoms with E-state index in [1.165, 1.54) is 12.2 Å². The average Bonchev–Trinajstić information content (AvgIpc) is 2.85. The molecule has 0 atom stereocenters. The SMILES string of the molecule is O=C(C=Cc1ccccc1)OCCOCCOCCOCCOC(=O)C=Cc1ccccc1. The molecule has 33 heavy (non-hydrogen) atoms. The van der Waals surface area contributed by atoms with Crippen molar-refractivity contribution >= 4 is 24.1 Å². The van der Waals surface area contributed by atoms with Gasteiger partial charge in [-0.3, -0.25) is 0 Å². The van der Waals surface area contributed by atoms with Gasteiger partial charge in [0.15, 0.2) is 0 Å². The maximum Gasteiger partial charge on any atom is 0.330 e. The summed E-state index contributed by atoms with van der Waals surface area (Å²) in [5.74, 6) is -0.817. The van der Waals surface area contributed by atoms with Crippen LogP contribution in [0.5, 0.6) is 0 Å². The minimum Gasteiger partial charge on any atom is -0.460 e. The normalized spacial score (nSPS) is 11.2. The van der Waals surface area contributed by atoms with Crippen LogP contribution in [0.4, 0.5) is 0 Å². The molecule has 0 saturated heterocycles. The Hall–Kier alpha value is -3.26. The van der Waals surface area contributed by atoms with Crippen LogP contribution in [-0.2, 0) is 33.3 Å². The molecule has 0 aliphatic carbocycles. The maximum absolute atomic E-state index is 11.6. The van der Waals surface area contributed by atoms with E-state index in [2.05, 4.69) is 0 Å². The minimum atomic E-state index is -0.409. The molecule has 0 fully saturated rings. The molecule has 0 amide bonds. The zero-order valence-corrected chi connectivity index (χ0v) is 18.6. The molecular formula is C26H30O7. The van der Waals surface area contributed by atoms with Crippen LogP contribution in [0.2, 0.25) is 0 Å². The smallest absolute Gasteiger partial charge is 0.330 e.